The van der Waals surface area contributed by atoms with Crippen LogP contribution in [0.1, 0.15) is 80.8 Å². The Balaban J connectivity index is 1.35. The zero-order valence-electron chi connectivity index (χ0n) is 31.5. The normalized spacial score (nSPS) is 13.6. The number of halogens is 2. The molecule has 0 saturated carbocycles. The van der Waals surface area contributed by atoms with E-state index in [4.69, 9.17) is 23.2 Å². The van der Waals surface area contributed by atoms with E-state index in [0.29, 0.717) is 37.1 Å². The van der Waals surface area contributed by atoms with Crippen molar-refractivity contribution in [3.8, 4) is 0 Å². The SMILES string of the molecule is CC(CCc1ccc(S(=O)(=O)O)c(CNC(=O)CCl)c1)Nc1ccc(NC(C)CCc2ccc(S(=O)(=O)O)c(CNC(=O)CCl)c2)c2c1C(=O)c1ccccc1C2=O. The lowest BCUT2D eigenvalue weighted by Crippen LogP contribution is -2.27. The lowest BCUT2D eigenvalue weighted by molar-refractivity contribution is -0.119. The smallest absolute Gasteiger partial charge is 0.294 e. The molecule has 4 aromatic carbocycles. The van der Waals surface area contributed by atoms with E-state index in [-0.39, 0.29) is 91.7 Å². The van der Waals surface area contributed by atoms with E-state index < -0.39 is 32.1 Å². The fourth-order valence-electron chi connectivity index (χ4n) is 6.74. The molecule has 1 aliphatic carbocycles. The van der Waals surface area contributed by atoms with E-state index >= 15 is 0 Å². The van der Waals surface area contributed by atoms with Crippen LogP contribution in [0.15, 0.2) is 82.6 Å². The number of hydrogen-bond acceptors (Lipinski definition) is 10. The zero-order valence-corrected chi connectivity index (χ0v) is 34.6. The molecule has 14 nitrogen and oxygen atoms in total. The number of carbonyl (C=O) groups is 4. The summed E-state index contributed by atoms with van der Waals surface area (Å²) in [5.74, 6) is -2.29. The molecule has 0 radical (unpaired) electrons. The van der Waals surface area contributed by atoms with Crippen LogP contribution in [0.2, 0.25) is 0 Å². The summed E-state index contributed by atoms with van der Waals surface area (Å²) in [6.07, 6.45) is 1.92. The van der Waals surface area contributed by atoms with Crippen molar-refractivity contribution in [1.29, 1.82) is 0 Å². The molecular weight excluding hydrogens is 831 g/mol. The van der Waals surface area contributed by atoms with Gasteiger partial charge in [-0.15, -0.1) is 23.2 Å². The molecule has 0 spiro atoms. The highest BCUT2D eigenvalue weighted by Crippen LogP contribution is 2.37. The first-order valence-electron chi connectivity index (χ1n) is 18.1. The Morgan fingerprint density at radius 2 is 1.00 bits per heavy atom. The minimum absolute atomic E-state index is 0.160. The summed E-state index contributed by atoms with van der Waals surface area (Å²) in [6, 6.07) is 18.4. The van der Waals surface area contributed by atoms with Gasteiger partial charge in [-0.2, -0.15) is 16.8 Å². The van der Waals surface area contributed by atoms with Crippen LogP contribution in [0.3, 0.4) is 0 Å². The summed E-state index contributed by atoms with van der Waals surface area (Å²) < 4.78 is 67.3. The van der Waals surface area contributed by atoms with Gasteiger partial charge >= 0.3 is 0 Å². The number of aryl methyl sites for hydroxylation is 2. The van der Waals surface area contributed by atoms with Gasteiger partial charge < -0.3 is 21.3 Å². The van der Waals surface area contributed by atoms with Crippen LogP contribution in [0.25, 0.3) is 0 Å². The van der Waals surface area contributed by atoms with E-state index in [1.807, 2.05) is 13.8 Å². The van der Waals surface area contributed by atoms with E-state index in [0.717, 1.165) is 11.1 Å². The largest absolute Gasteiger partial charge is 0.382 e. The standard InChI is InChI=1S/C40H42Cl2N4O10S2/c1-23(7-9-25-11-15-33(57(51,52)53)27(17-25)21-43-35(47)19-41)45-31-13-14-32(38-37(31)39(49)29-5-3-4-6-30(29)40(38)50)46-24(2)8-10-26-12-16-34(58(54,55)56)28(18-26)22-44-36(48)20-42/h3-6,11-18,23-24,45-46H,7-10,19-22H2,1-2H3,(H,43,47)(H,44,48)(H,51,52,53)(H,54,55,56). The fraction of sp³-hybridized carbons (Fsp3) is 0.300. The number of hydrogen-bond donors (Lipinski definition) is 6. The van der Waals surface area contributed by atoms with Gasteiger partial charge in [0, 0.05) is 47.7 Å². The van der Waals surface area contributed by atoms with Crippen molar-refractivity contribution in [2.75, 3.05) is 22.4 Å². The molecule has 2 unspecified atom stereocenters. The van der Waals surface area contributed by atoms with Crippen molar-refractivity contribution in [3.63, 3.8) is 0 Å². The van der Waals surface area contributed by atoms with Crippen LogP contribution >= 0.6 is 23.2 Å². The Bertz CT molecular complexity index is 2310. The van der Waals surface area contributed by atoms with Gasteiger partial charge in [0.2, 0.25) is 11.8 Å². The van der Waals surface area contributed by atoms with Crippen LogP contribution in [0, 0.1) is 0 Å². The minimum Gasteiger partial charge on any atom is -0.382 e. The molecule has 0 fully saturated rings. The molecule has 5 rings (SSSR count). The van der Waals surface area contributed by atoms with Gasteiger partial charge in [-0.3, -0.25) is 28.3 Å². The Hall–Kier alpha value is -4.84. The summed E-state index contributed by atoms with van der Waals surface area (Å²) in [4.78, 5) is 51.0. The molecule has 308 valence electrons. The lowest BCUT2D eigenvalue weighted by Gasteiger charge is -2.27. The Kier molecular flexibility index (Phi) is 14.4. The number of fused-ring (bicyclic) bond motifs is 2. The fourth-order valence-corrected chi connectivity index (χ4v) is 8.34. The van der Waals surface area contributed by atoms with Crippen LogP contribution in [-0.2, 0) is 55.8 Å². The highest BCUT2D eigenvalue weighted by atomic mass is 35.5. The number of nitrogens with one attached hydrogen (secondary N) is 4. The number of amides is 2. The Labute approximate surface area is 346 Å². The molecule has 1 aliphatic rings. The second kappa shape index (κ2) is 18.8. The minimum atomic E-state index is -4.56. The summed E-state index contributed by atoms with van der Waals surface area (Å²) in [6.45, 7) is 3.48. The van der Waals surface area contributed by atoms with Crippen molar-refractivity contribution < 1.29 is 45.1 Å². The Morgan fingerprint density at radius 3 is 1.34 bits per heavy atom. The van der Waals surface area contributed by atoms with Crippen molar-refractivity contribution in [2.24, 2.45) is 0 Å². The lowest BCUT2D eigenvalue weighted by atomic mass is 9.82. The summed E-state index contributed by atoms with van der Waals surface area (Å²) >= 11 is 11.1. The van der Waals surface area contributed by atoms with Crippen LogP contribution in [0.5, 0.6) is 0 Å². The molecule has 0 aromatic heterocycles. The van der Waals surface area contributed by atoms with Gasteiger partial charge in [0.25, 0.3) is 20.2 Å². The third-order valence-corrected chi connectivity index (χ3v) is 12.0. The van der Waals surface area contributed by atoms with Gasteiger partial charge in [0.1, 0.15) is 11.8 Å². The third kappa shape index (κ3) is 10.8. The van der Waals surface area contributed by atoms with Gasteiger partial charge in [0.05, 0.1) is 20.9 Å². The highest BCUT2D eigenvalue weighted by Gasteiger charge is 2.34. The summed E-state index contributed by atoms with van der Waals surface area (Å²) in [7, 11) is -9.12. The highest BCUT2D eigenvalue weighted by molar-refractivity contribution is 7.86. The topological polar surface area (TPSA) is 225 Å². The molecule has 58 heavy (non-hydrogen) atoms. The molecule has 2 atom stereocenters. The van der Waals surface area contributed by atoms with E-state index in [1.165, 1.54) is 12.1 Å². The molecule has 0 heterocycles. The van der Waals surface area contributed by atoms with Crippen molar-refractivity contribution in [2.45, 2.75) is 74.5 Å². The third-order valence-electron chi connectivity index (χ3n) is 9.61. The quantitative estimate of drug-likeness (QED) is 0.0472. The number of anilines is 2. The second-order valence-electron chi connectivity index (χ2n) is 13.9. The maximum Gasteiger partial charge on any atom is 0.294 e. The second-order valence-corrected chi connectivity index (χ2v) is 17.3. The molecule has 0 aliphatic heterocycles. The van der Waals surface area contributed by atoms with E-state index in [1.54, 1.807) is 60.7 Å². The number of carbonyl (C=O) groups excluding carboxylic acids is 4. The molecule has 4 aromatic rings. The van der Waals surface area contributed by atoms with Crippen LogP contribution in [-0.4, -0.2) is 73.2 Å². The molecule has 6 N–H and O–H groups in total. The number of ketones is 2. The predicted molar refractivity (Wildman–Crippen MR) is 220 cm³/mol. The average molecular weight is 874 g/mol. The maximum absolute atomic E-state index is 14.1. The van der Waals surface area contributed by atoms with Gasteiger partial charge in [-0.1, -0.05) is 48.5 Å². The molecule has 0 bridgehead atoms. The zero-order chi connectivity index (χ0) is 42.4. The van der Waals surface area contributed by atoms with Crippen molar-refractivity contribution in [1.82, 2.24) is 10.6 Å². The van der Waals surface area contributed by atoms with Gasteiger partial charge in [0.15, 0.2) is 11.6 Å². The van der Waals surface area contributed by atoms with Crippen molar-refractivity contribution >= 4 is 78.2 Å². The molecular formula is C40H42Cl2N4O10S2. The molecule has 18 heteroatoms. The number of alkyl halides is 2. The van der Waals surface area contributed by atoms with Crippen LogP contribution < -0.4 is 21.3 Å². The average Bonchev–Trinajstić information content (AvgIpc) is 3.19. The monoisotopic (exact) mass is 872 g/mol. The van der Waals surface area contributed by atoms with E-state index in [2.05, 4.69) is 21.3 Å². The van der Waals surface area contributed by atoms with Gasteiger partial charge in [-0.05, 0) is 86.1 Å². The van der Waals surface area contributed by atoms with E-state index in [9.17, 15) is 45.1 Å². The first kappa shape index (κ1) is 44.3. The number of benzene rings is 4. The maximum atomic E-state index is 14.1. The Morgan fingerprint density at radius 1 is 0.621 bits per heavy atom. The van der Waals surface area contributed by atoms with Crippen LogP contribution in [0.4, 0.5) is 11.4 Å². The number of rotatable bonds is 18. The molecule has 0 saturated heterocycles. The first-order valence-corrected chi connectivity index (χ1v) is 22.1. The van der Waals surface area contributed by atoms with Crippen molar-refractivity contribution in [3.05, 3.63) is 117 Å². The summed E-state index contributed by atoms with van der Waals surface area (Å²) in [5, 5.41) is 11.8. The summed E-state index contributed by atoms with van der Waals surface area (Å²) in [5.41, 5.74) is 3.74. The van der Waals surface area contributed by atoms with Gasteiger partial charge in [-0.25, -0.2) is 0 Å². The first-order chi connectivity index (χ1) is 27.4. The predicted octanol–water partition coefficient (Wildman–Crippen LogP) is 5.53. The molecule has 2 amide bonds.